The van der Waals surface area contributed by atoms with E-state index in [0.717, 1.165) is 16.7 Å². The Morgan fingerprint density at radius 3 is 1.33 bits per heavy atom. The zero-order chi connectivity index (χ0) is 17.2. The summed E-state index contributed by atoms with van der Waals surface area (Å²) in [5, 5.41) is 18.2. The number of aliphatic hydroxyl groups is 2. The normalized spacial score (nSPS) is 9.83. The summed E-state index contributed by atoms with van der Waals surface area (Å²) < 4.78 is 0. The van der Waals surface area contributed by atoms with E-state index in [1.807, 2.05) is 78.9 Å². The second kappa shape index (κ2) is 9.46. The number of benzene rings is 3. The van der Waals surface area contributed by atoms with E-state index in [1.165, 1.54) is 11.6 Å². The number of aryl methyl sites for hydroxylation is 1. The van der Waals surface area contributed by atoms with E-state index in [-0.39, 0.29) is 0 Å². The second-order valence-electron chi connectivity index (χ2n) is 5.38. The zero-order valence-electron chi connectivity index (χ0n) is 13.7. The molecular weight excluding hydrogens is 296 g/mol. The van der Waals surface area contributed by atoms with Gasteiger partial charge in [-0.3, -0.25) is 0 Å². The molecule has 0 fully saturated rings. The number of aliphatic hydroxyl groups excluding tert-OH is 1. The van der Waals surface area contributed by atoms with Crippen LogP contribution >= 0.6 is 0 Å². The van der Waals surface area contributed by atoms with Gasteiger partial charge in [0.2, 0.25) is 0 Å². The highest BCUT2D eigenvalue weighted by Crippen LogP contribution is 2.23. The van der Waals surface area contributed by atoms with Gasteiger partial charge in [-0.2, -0.15) is 0 Å². The van der Waals surface area contributed by atoms with Gasteiger partial charge >= 0.3 is 0 Å². The van der Waals surface area contributed by atoms with E-state index in [0.29, 0.717) is 0 Å². The largest absolute Gasteiger partial charge is 0.365 e. The Balaban J connectivity index is 0.000000249. The summed E-state index contributed by atoms with van der Waals surface area (Å²) in [5.41, 5.74) is 4.07. The fraction of sp³-hybridized carbons (Fsp3) is 0.0909. The van der Waals surface area contributed by atoms with Gasteiger partial charge in [0.15, 0.2) is 6.29 Å². The third-order valence-electron chi connectivity index (χ3n) is 3.43. The van der Waals surface area contributed by atoms with Gasteiger partial charge < -0.3 is 10.2 Å². The maximum Gasteiger partial charge on any atom is 0.172 e. The zero-order valence-corrected chi connectivity index (χ0v) is 13.7. The van der Waals surface area contributed by atoms with Crippen molar-refractivity contribution in [3.05, 3.63) is 114 Å². The van der Waals surface area contributed by atoms with Crippen LogP contribution in [0.3, 0.4) is 0 Å². The SMILES string of the molecule is Cc1ccccc1.OC(O)C=C(c1ccccc1)c1ccccc1. The minimum absolute atomic E-state index is 0.821. The van der Waals surface area contributed by atoms with Crippen LogP contribution in [0, 0.1) is 6.92 Å². The third kappa shape index (κ3) is 5.84. The van der Waals surface area contributed by atoms with Gasteiger partial charge in [-0.25, -0.2) is 0 Å². The van der Waals surface area contributed by atoms with Crippen molar-refractivity contribution in [2.45, 2.75) is 13.2 Å². The van der Waals surface area contributed by atoms with Crippen LogP contribution in [0.15, 0.2) is 97.1 Å². The number of hydrogen-bond donors (Lipinski definition) is 2. The molecule has 0 spiro atoms. The van der Waals surface area contributed by atoms with Crippen molar-refractivity contribution in [1.82, 2.24) is 0 Å². The topological polar surface area (TPSA) is 40.5 Å². The van der Waals surface area contributed by atoms with Gasteiger partial charge in [0, 0.05) is 0 Å². The van der Waals surface area contributed by atoms with Gasteiger partial charge in [-0.15, -0.1) is 0 Å². The maximum atomic E-state index is 9.12. The van der Waals surface area contributed by atoms with Crippen LogP contribution in [0.4, 0.5) is 0 Å². The lowest BCUT2D eigenvalue weighted by atomic mass is 9.97. The standard InChI is InChI=1S/C15H14O2.C7H8/c16-15(17)11-14(12-7-3-1-4-8-12)13-9-5-2-6-10-13;1-7-5-3-2-4-6-7/h1-11,15-17H;2-6H,1H3. The van der Waals surface area contributed by atoms with E-state index in [9.17, 15) is 0 Å². The molecule has 0 aliphatic carbocycles. The van der Waals surface area contributed by atoms with Crippen LogP contribution in [0.1, 0.15) is 16.7 Å². The summed E-state index contributed by atoms with van der Waals surface area (Å²) in [7, 11) is 0. The van der Waals surface area contributed by atoms with E-state index in [2.05, 4.69) is 19.1 Å². The Morgan fingerprint density at radius 1 is 0.667 bits per heavy atom. The van der Waals surface area contributed by atoms with E-state index >= 15 is 0 Å². The minimum atomic E-state index is -1.45. The molecule has 0 aliphatic rings. The summed E-state index contributed by atoms with van der Waals surface area (Å²) in [4.78, 5) is 0. The number of rotatable bonds is 3. The smallest absolute Gasteiger partial charge is 0.172 e. The van der Waals surface area contributed by atoms with Crippen molar-refractivity contribution in [3.63, 3.8) is 0 Å². The predicted molar refractivity (Wildman–Crippen MR) is 99.4 cm³/mol. The average molecular weight is 318 g/mol. The van der Waals surface area contributed by atoms with Crippen LogP contribution in [0.2, 0.25) is 0 Å². The molecule has 3 aromatic carbocycles. The number of hydrogen-bond acceptors (Lipinski definition) is 2. The summed E-state index contributed by atoms with van der Waals surface area (Å²) in [6.07, 6.45) is -0.0181. The van der Waals surface area contributed by atoms with Crippen molar-refractivity contribution >= 4 is 5.57 Å². The first kappa shape index (κ1) is 17.7. The van der Waals surface area contributed by atoms with Gasteiger partial charge in [-0.05, 0) is 29.7 Å². The van der Waals surface area contributed by atoms with E-state index < -0.39 is 6.29 Å². The first-order valence-corrected chi connectivity index (χ1v) is 7.87. The summed E-state index contributed by atoms with van der Waals surface area (Å²) in [6.45, 7) is 2.08. The molecule has 0 bridgehead atoms. The maximum absolute atomic E-state index is 9.12. The quantitative estimate of drug-likeness (QED) is 0.702. The molecule has 2 heteroatoms. The first-order chi connectivity index (χ1) is 11.7. The van der Waals surface area contributed by atoms with Crippen molar-refractivity contribution in [2.75, 3.05) is 0 Å². The lowest BCUT2D eigenvalue weighted by Crippen LogP contribution is -2.01. The monoisotopic (exact) mass is 318 g/mol. The molecular formula is C22H22O2. The molecule has 0 saturated carbocycles. The molecule has 0 aromatic heterocycles. The lowest BCUT2D eigenvalue weighted by molar-refractivity contribution is 0.00280. The van der Waals surface area contributed by atoms with E-state index in [1.54, 1.807) is 0 Å². The average Bonchev–Trinajstić information content (AvgIpc) is 2.62. The van der Waals surface area contributed by atoms with E-state index in [4.69, 9.17) is 10.2 Å². The van der Waals surface area contributed by atoms with Crippen LogP contribution < -0.4 is 0 Å². The van der Waals surface area contributed by atoms with Crippen LogP contribution in [0.25, 0.3) is 5.57 Å². The Hall–Kier alpha value is -2.68. The van der Waals surface area contributed by atoms with Gasteiger partial charge in [0.05, 0.1) is 0 Å². The molecule has 3 aromatic rings. The van der Waals surface area contributed by atoms with Crippen molar-refractivity contribution in [2.24, 2.45) is 0 Å². The fourth-order valence-electron chi connectivity index (χ4n) is 2.28. The molecule has 122 valence electrons. The molecule has 2 N–H and O–H groups in total. The van der Waals surface area contributed by atoms with Crippen LogP contribution in [0.5, 0.6) is 0 Å². The van der Waals surface area contributed by atoms with Crippen molar-refractivity contribution < 1.29 is 10.2 Å². The Bertz CT molecular complexity index is 691. The van der Waals surface area contributed by atoms with Gasteiger partial charge in [-0.1, -0.05) is 96.6 Å². The summed E-state index contributed by atoms with van der Waals surface area (Å²) >= 11 is 0. The lowest BCUT2D eigenvalue weighted by Gasteiger charge is -2.09. The molecule has 0 radical (unpaired) electrons. The Labute approximate surface area is 143 Å². The van der Waals surface area contributed by atoms with Gasteiger partial charge in [0.1, 0.15) is 0 Å². The van der Waals surface area contributed by atoms with Gasteiger partial charge in [0.25, 0.3) is 0 Å². The molecule has 0 saturated heterocycles. The molecule has 24 heavy (non-hydrogen) atoms. The first-order valence-electron chi connectivity index (χ1n) is 7.87. The van der Waals surface area contributed by atoms with Crippen LogP contribution in [-0.2, 0) is 0 Å². The fourth-order valence-corrected chi connectivity index (χ4v) is 2.28. The highest BCUT2D eigenvalue weighted by molar-refractivity contribution is 5.79. The Morgan fingerprint density at radius 2 is 1.04 bits per heavy atom. The molecule has 0 amide bonds. The summed E-state index contributed by atoms with van der Waals surface area (Å²) in [6, 6.07) is 29.6. The minimum Gasteiger partial charge on any atom is -0.365 e. The molecule has 0 aliphatic heterocycles. The van der Waals surface area contributed by atoms with Crippen molar-refractivity contribution in [1.29, 1.82) is 0 Å². The molecule has 0 atom stereocenters. The highest BCUT2D eigenvalue weighted by Gasteiger charge is 2.05. The molecule has 0 unspecified atom stereocenters. The molecule has 2 nitrogen and oxygen atoms in total. The third-order valence-corrected chi connectivity index (χ3v) is 3.43. The second-order valence-corrected chi connectivity index (χ2v) is 5.38. The molecule has 3 rings (SSSR count). The predicted octanol–water partition coefficient (Wildman–Crippen LogP) is 4.42. The highest BCUT2D eigenvalue weighted by atomic mass is 16.5. The summed E-state index contributed by atoms with van der Waals surface area (Å²) in [5.74, 6) is 0. The molecule has 0 heterocycles. The van der Waals surface area contributed by atoms with Crippen molar-refractivity contribution in [3.8, 4) is 0 Å². The van der Waals surface area contributed by atoms with Crippen LogP contribution in [-0.4, -0.2) is 16.5 Å². The Kier molecular flexibility index (Phi) is 6.96.